The molecule has 2 saturated heterocycles. The predicted molar refractivity (Wildman–Crippen MR) is 107 cm³/mol. The molecule has 0 unspecified atom stereocenters. The lowest BCUT2D eigenvalue weighted by Gasteiger charge is -2.37. The van der Waals surface area contributed by atoms with Crippen LogP contribution in [0.4, 0.5) is 5.95 Å². The zero-order chi connectivity index (χ0) is 19.1. The highest BCUT2D eigenvalue weighted by molar-refractivity contribution is 5.38. The average molecular weight is 380 g/mol. The standard InChI is InChI=1S/C22H28N4O2/c27-14-16-2-1-9-25(12-16)22-23-11-19-20(24-22)10-17-5-8-21(19)26(17)13-15-3-6-18(28)7-4-15/h3-4,6-7,11,16-17,21,27-28H,1-2,5,8-10,12-14H2/t16-,17-,21-/m1/s1. The molecule has 3 atom stereocenters. The van der Waals surface area contributed by atoms with Crippen molar-refractivity contribution in [2.24, 2.45) is 5.92 Å². The van der Waals surface area contributed by atoms with E-state index in [1.165, 1.54) is 23.2 Å². The van der Waals surface area contributed by atoms with Gasteiger partial charge >= 0.3 is 0 Å². The van der Waals surface area contributed by atoms with Gasteiger partial charge in [0.05, 0.1) is 5.69 Å². The molecule has 2 fully saturated rings. The number of hydrogen-bond donors (Lipinski definition) is 2. The number of nitrogens with zero attached hydrogens (tertiary/aromatic N) is 4. The topological polar surface area (TPSA) is 72.7 Å². The van der Waals surface area contributed by atoms with Gasteiger partial charge < -0.3 is 15.1 Å². The molecule has 3 aliphatic rings. The SMILES string of the molecule is OC[C@@H]1CCCN(c2ncc3c(n2)C[C@H]2CC[C@H]3N2Cc2ccc(O)cc2)C1. The van der Waals surface area contributed by atoms with E-state index in [1.54, 1.807) is 12.1 Å². The van der Waals surface area contributed by atoms with Gasteiger partial charge in [-0.05, 0) is 49.3 Å². The molecule has 0 saturated carbocycles. The molecule has 1 aromatic heterocycles. The second-order valence-electron chi connectivity index (χ2n) is 8.50. The Bertz CT molecular complexity index is 841. The monoisotopic (exact) mass is 380 g/mol. The van der Waals surface area contributed by atoms with Crippen LogP contribution in [0.15, 0.2) is 30.5 Å². The average Bonchev–Trinajstić information content (AvgIpc) is 3.01. The highest BCUT2D eigenvalue weighted by Gasteiger charge is 2.41. The molecule has 148 valence electrons. The van der Waals surface area contributed by atoms with Gasteiger partial charge in [-0.2, -0.15) is 0 Å². The summed E-state index contributed by atoms with van der Waals surface area (Å²) in [5.74, 6) is 1.49. The van der Waals surface area contributed by atoms with Crippen LogP contribution in [0.25, 0.3) is 0 Å². The van der Waals surface area contributed by atoms with Crippen LogP contribution >= 0.6 is 0 Å². The molecule has 2 bridgehead atoms. The summed E-state index contributed by atoms with van der Waals surface area (Å²) in [5.41, 5.74) is 3.73. The van der Waals surface area contributed by atoms with E-state index in [-0.39, 0.29) is 6.61 Å². The molecule has 0 amide bonds. The van der Waals surface area contributed by atoms with E-state index in [0.29, 0.717) is 23.8 Å². The second kappa shape index (κ2) is 7.33. The summed E-state index contributed by atoms with van der Waals surface area (Å²) in [6.45, 7) is 2.99. The molecular formula is C22H28N4O2. The Morgan fingerprint density at radius 1 is 1.11 bits per heavy atom. The summed E-state index contributed by atoms with van der Waals surface area (Å²) in [7, 11) is 0. The maximum absolute atomic E-state index is 9.53. The van der Waals surface area contributed by atoms with Gasteiger partial charge in [0, 0.05) is 56.5 Å². The fourth-order valence-electron chi connectivity index (χ4n) is 5.17. The van der Waals surface area contributed by atoms with Crippen molar-refractivity contribution in [2.45, 2.75) is 50.7 Å². The highest BCUT2D eigenvalue weighted by atomic mass is 16.3. The van der Waals surface area contributed by atoms with Crippen molar-refractivity contribution in [1.29, 1.82) is 0 Å². The largest absolute Gasteiger partial charge is 0.508 e. The Hall–Kier alpha value is -2.18. The van der Waals surface area contributed by atoms with E-state index in [2.05, 4.69) is 16.0 Å². The Labute approximate surface area is 165 Å². The Kier molecular flexibility index (Phi) is 4.69. The van der Waals surface area contributed by atoms with Gasteiger partial charge in [-0.25, -0.2) is 9.97 Å². The van der Waals surface area contributed by atoms with E-state index < -0.39 is 0 Å². The van der Waals surface area contributed by atoms with Crippen molar-refractivity contribution in [3.8, 4) is 5.75 Å². The van der Waals surface area contributed by atoms with Crippen LogP contribution in [-0.2, 0) is 13.0 Å². The molecular weight excluding hydrogens is 352 g/mol. The van der Waals surface area contributed by atoms with Gasteiger partial charge in [-0.15, -0.1) is 0 Å². The van der Waals surface area contributed by atoms with Crippen molar-refractivity contribution in [2.75, 3.05) is 24.6 Å². The lowest BCUT2D eigenvalue weighted by atomic mass is 9.98. The number of fused-ring (bicyclic) bond motifs is 4. The van der Waals surface area contributed by atoms with Crippen molar-refractivity contribution >= 4 is 5.95 Å². The minimum absolute atomic E-state index is 0.248. The molecule has 0 radical (unpaired) electrons. The van der Waals surface area contributed by atoms with Crippen LogP contribution in [0.5, 0.6) is 5.75 Å². The third kappa shape index (κ3) is 3.25. The van der Waals surface area contributed by atoms with Crippen molar-refractivity contribution in [3.63, 3.8) is 0 Å². The number of benzene rings is 1. The van der Waals surface area contributed by atoms with E-state index >= 15 is 0 Å². The number of aliphatic hydroxyl groups is 1. The van der Waals surface area contributed by atoms with E-state index in [0.717, 1.165) is 51.3 Å². The molecule has 6 heteroatoms. The number of hydrogen-bond acceptors (Lipinski definition) is 6. The zero-order valence-corrected chi connectivity index (χ0v) is 16.2. The van der Waals surface area contributed by atoms with Gasteiger partial charge in [0.25, 0.3) is 0 Å². The third-order valence-corrected chi connectivity index (χ3v) is 6.68. The van der Waals surface area contributed by atoms with Gasteiger partial charge in [0.1, 0.15) is 5.75 Å². The number of piperidine rings is 1. The zero-order valence-electron chi connectivity index (χ0n) is 16.2. The number of aliphatic hydroxyl groups excluding tert-OH is 1. The van der Waals surface area contributed by atoms with E-state index in [1.807, 2.05) is 12.1 Å². The number of aromatic nitrogens is 2. The summed E-state index contributed by atoms with van der Waals surface area (Å²) >= 11 is 0. The van der Waals surface area contributed by atoms with Gasteiger partial charge in [0.2, 0.25) is 5.95 Å². The quantitative estimate of drug-likeness (QED) is 0.850. The minimum atomic E-state index is 0.248. The first-order valence-corrected chi connectivity index (χ1v) is 10.5. The number of rotatable bonds is 4. The second-order valence-corrected chi connectivity index (χ2v) is 8.50. The van der Waals surface area contributed by atoms with Gasteiger partial charge in [-0.1, -0.05) is 12.1 Å². The third-order valence-electron chi connectivity index (χ3n) is 6.68. The summed E-state index contributed by atoms with van der Waals surface area (Å²) in [5, 5.41) is 19.0. The normalized spacial score (nSPS) is 27.0. The first-order valence-electron chi connectivity index (χ1n) is 10.5. The van der Waals surface area contributed by atoms with Crippen LogP contribution in [0.2, 0.25) is 0 Å². The van der Waals surface area contributed by atoms with Crippen LogP contribution in [0, 0.1) is 5.92 Å². The molecule has 6 nitrogen and oxygen atoms in total. The molecule has 3 aliphatic heterocycles. The fraction of sp³-hybridized carbons (Fsp3) is 0.545. The number of anilines is 1. The molecule has 5 rings (SSSR count). The first kappa shape index (κ1) is 17.9. The van der Waals surface area contributed by atoms with Gasteiger partial charge in [0.15, 0.2) is 0 Å². The molecule has 0 spiro atoms. The van der Waals surface area contributed by atoms with Crippen molar-refractivity contribution < 1.29 is 10.2 Å². The molecule has 1 aromatic carbocycles. The van der Waals surface area contributed by atoms with Crippen LogP contribution < -0.4 is 4.90 Å². The van der Waals surface area contributed by atoms with E-state index in [4.69, 9.17) is 9.97 Å². The summed E-state index contributed by atoms with van der Waals surface area (Å²) in [6.07, 6.45) is 7.58. The number of aromatic hydroxyl groups is 1. The number of phenolic OH excluding ortho intramolecular Hbond substituents is 1. The van der Waals surface area contributed by atoms with Gasteiger partial charge in [-0.3, -0.25) is 4.90 Å². The molecule has 2 N–H and O–H groups in total. The Balaban J connectivity index is 1.36. The lowest BCUT2D eigenvalue weighted by molar-refractivity contribution is 0.166. The highest BCUT2D eigenvalue weighted by Crippen LogP contribution is 2.44. The smallest absolute Gasteiger partial charge is 0.225 e. The minimum Gasteiger partial charge on any atom is -0.508 e. The maximum atomic E-state index is 9.53. The summed E-state index contributed by atoms with van der Waals surface area (Å²) in [4.78, 5) is 14.5. The molecule has 28 heavy (non-hydrogen) atoms. The van der Waals surface area contributed by atoms with Crippen LogP contribution in [0.3, 0.4) is 0 Å². The van der Waals surface area contributed by atoms with Crippen LogP contribution in [0.1, 0.15) is 48.5 Å². The maximum Gasteiger partial charge on any atom is 0.225 e. The van der Waals surface area contributed by atoms with Crippen LogP contribution in [-0.4, -0.2) is 50.8 Å². The van der Waals surface area contributed by atoms with Crippen molar-refractivity contribution in [3.05, 3.63) is 47.3 Å². The molecule has 0 aliphatic carbocycles. The predicted octanol–water partition coefficient (Wildman–Crippen LogP) is 2.65. The Morgan fingerprint density at radius 3 is 2.79 bits per heavy atom. The van der Waals surface area contributed by atoms with E-state index in [9.17, 15) is 10.2 Å². The van der Waals surface area contributed by atoms with Crippen molar-refractivity contribution in [1.82, 2.24) is 14.9 Å². The number of phenols is 1. The summed E-state index contributed by atoms with van der Waals surface area (Å²) < 4.78 is 0. The fourth-order valence-corrected chi connectivity index (χ4v) is 5.17. The molecule has 2 aromatic rings. The summed E-state index contributed by atoms with van der Waals surface area (Å²) in [6, 6.07) is 8.48. The lowest BCUT2D eigenvalue weighted by Crippen LogP contribution is -2.40. The first-order chi connectivity index (χ1) is 13.7. The Morgan fingerprint density at radius 2 is 1.96 bits per heavy atom. The molecule has 4 heterocycles.